The zero-order chi connectivity index (χ0) is 74.6. The van der Waals surface area contributed by atoms with Gasteiger partial charge >= 0.3 is 7.12 Å². The Morgan fingerprint density at radius 3 is 0.991 bits per heavy atom. The van der Waals surface area contributed by atoms with Crippen LogP contribution in [0.15, 0.2) is 385 Å². The number of nitrogens with zero attached hydrogens (tertiary/aromatic N) is 2. The van der Waals surface area contributed by atoms with Crippen molar-refractivity contribution in [2.24, 2.45) is 0 Å². The fraction of sp³-hybridized carbons (Fsp3) is 0.0680. The van der Waals surface area contributed by atoms with Crippen molar-refractivity contribution in [3.05, 3.63) is 403 Å². The lowest BCUT2D eigenvalue weighted by Gasteiger charge is -2.28. The number of furan rings is 2. The highest BCUT2D eigenvalue weighted by molar-refractivity contribution is 6.58. The van der Waals surface area contributed by atoms with Gasteiger partial charge in [-0.1, -0.05) is 314 Å². The molecule has 0 unspecified atom stereocenters. The minimum atomic E-state index is -1.49. The molecule has 0 fully saturated rings. The first-order valence-corrected chi connectivity index (χ1v) is 37.8. The van der Waals surface area contributed by atoms with Crippen molar-refractivity contribution < 1.29 is 18.9 Å². The second-order valence-corrected chi connectivity index (χ2v) is 29.9. The third-order valence-electron chi connectivity index (χ3n) is 22.1. The molecule has 0 aliphatic heterocycles. The molecule has 111 heavy (non-hydrogen) atoms. The lowest BCUT2D eigenvalue weighted by Crippen LogP contribution is -2.29. The van der Waals surface area contributed by atoms with Gasteiger partial charge in [0.15, 0.2) is 0 Å². The van der Waals surface area contributed by atoms with Crippen molar-refractivity contribution in [3.63, 3.8) is 0 Å². The molecule has 0 bridgehead atoms. The van der Waals surface area contributed by atoms with E-state index in [9.17, 15) is 10.0 Å². The summed E-state index contributed by atoms with van der Waals surface area (Å²) in [6.07, 6.45) is 0. The van der Waals surface area contributed by atoms with Gasteiger partial charge in [-0.3, -0.25) is 0 Å². The highest BCUT2D eigenvalue weighted by Crippen LogP contribution is 2.53. The lowest BCUT2D eigenvalue weighted by atomic mass is 9.80. The van der Waals surface area contributed by atoms with Crippen LogP contribution in [0.25, 0.3) is 122 Å². The molecule has 0 radical (unpaired) electrons. The summed E-state index contributed by atoms with van der Waals surface area (Å²) in [5.41, 5.74) is 32.3. The molecule has 6 nitrogen and oxygen atoms in total. The van der Waals surface area contributed by atoms with E-state index in [2.05, 4.69) is 329 Å². The van der Waals surface area contributed by atoms with E-state index in [1.54, 1.807) is 12.1 Å². The standard InChI is InChI=1S/C51H37NO.C33H28BNO2.C18H11ClO.CH4/c1-51(2)47-19-11-9-17-42(47)43-30-29-41(33-48(43)51)52(39-25-21-35(22-26-39)34-13-5-3-6-14-34)40-27-23-36(24-28-40)38-31-45(37-15-7-4-8-16-37)50-46(32-38)44-18-10-12-20-49(44)53-50;1-33(2)31-11-7-6-10-29(31)30-21-20-28(22-32(30)33)35(27-18-14-25(15-19-27)34(36)37)26-16-12-24(13-17-26)23-8-4-3-5-9-23;19-13-10-15(12-6-2-1-3-7-12)18-16(11-13)14-8-4-5-9-17(14)20-18;/h3-33H,1-2H3;3-22,36-37H,1-2H3;1-11H;1H4. The first-order chi connectivity index (χ1) is 53.8. The Morgan fingerprint density at radius 2 is 0.577 bits per heavy atom. The van der Waals surface area contributed by atoms with Crippen LogP contribution >= 0.6 is 11.6 Å². The van der Waals surface area contributed by atoms with Gasteiger partial charge in [-0.25, -0.2) is 0 Å². The maximum atomic E-state index is 9.62. The minimum Gasteiger partial charge on any atom is -0.455 e. The average Bonchev–Trinajstić information content (AvgIpc) is 1.56. The zero-order valence-corrected chi connectivity index (χ0v) is 62.1. The highest BCUT2D eigenvalue weighted by Gasteiger charge is 2.37. The van der Waals surface area contributed by atoms with Gasteiger partial charge < -0.3 is 28.7 Å². The molecule has 536 valence electrons. The minimum absolute atomic E-state index is 0. The quantitative estimate of drug-likeness (QED) is 0.119. The SMILES string of the molecule is C.CC1(C)c2ccccc2-c2ccc(N(c3ccc(-c4ccccc4)cc3)c3ccc(-c4cc(-c5ccccc5)c5oc6ccccc6c5c4)cc3)cc21.CC1(C)c2ccccc2-c2ccc(N(c3ccc(B(O)O)cc3)c3ccc(-c4ccccc4)cc3)cc21.Clc1cc(-c2ccccc2)c2oc3ccccc3c2c1. The number of para-hydroxylation sites is 2. The Labute approximate surface area is 653 Å². The van der Waals surface area contributed by atoms with Crippen LogP contribution < -0.4 is 15.3 Å². The smallest absolute Gasteiger partial charge is 0.455 e. The van der Waals surface area contributed by atoms with Crippen LogP contribution in [0.2, 0.25) is 5.02 Å². The molecule has 2 aromatic heterocycles. The van der Waals surface area contributed by atoms with Crippen LogP contribution in [0.5, 0.6) is 0 Å². The first kappa shape index (κ1) is 70.9. The number of hydrogen-bond acceptors (Lipinski definition) is 6. The maximum absolute atomic E-state index is 9.62. The number of halogens is 1. The molecule has 0 saturated carbocycles. The molecule has 2 N–H and O–H groups in total. The molecule has 0 atom stereocenters. The number of hydrogen-bond donors (Lipinski definition) is 2. The van der Waals surface area contributed by atoms with Gasteiger partial charge in [0.2, 0.25) is 0 Å². The normalized spacial score (nSPS) is 12.5. The predicted molar refractivity (Wildman–Crippen MR) is 467 cm³/mol. The Hall–Kier alpha value is -13.0. The maximum Gasteiger partial charge on any atom is 0.488 e. The zero-order valence-electron chi connectivity index (χ0n) is 61.4. The molecule has 2 heterocycles. The number of rotatable bonds is 12. The average molecular weight is 1460 g/mol. The molecule has 2 aliphatic carbocycles. The third-order valence-corrected chi connectivity index (χ3v) is 22.3. The summed E-state index contributed by atoms with van der Waals surface area (Å²) in [7, 11) is -1.49. The van der Waals surface area contributed by atoms with Crippen LogP contribution in [-0.4, -0.2) is 17.2 Å². The molecule has 8 heteroatoms. The Kier molecular flexibility index (Phi) is 18.9. The van der Waals surface area contributed by atoms with Gasteiger partial charge in [0.25, 0.3) is 0 Å². The van der Waals surface area contributed by atoms with E-state index in [1.165, 1.54) is 61.2 Å². The summed E-state index contributed by atoms with van der Waals surface area (Å²) in [4.78, 5) is 4.61. The van der Waals surface area contributed by atoms with Crippen molar-refractivity contribution in [1.29, 1.82) is 0 Å². The van der Waals surface area contributed by atoms with E-state index >= 15 is 0 Å². The summed E-state index contributed by atoms with van der Waals surface area (Å²) in [6, 6.07) is 132. The van der Waals surface area contributed by atoms with Crippen LogP contribution in [-0.2, 0) is 10.8 Å². The van der Waals surface area contributed by atoms with E-state index in [4.69, 9.17) is 20.4 Å². The highest BCUT2D eigenvalue weighted by atomic mass is 35.5. The molecule has 16 aromatic carbocycles. The largest absolute Gasteiger partial charge is 0.488 e. The number of benzene rings is 16. The Balaban J connectivity index is 0.000000133. The monoisotopic (exact) mass is 1450 g/mol. The second kappa shape index (κ2) is 29.5. The van der Waals surface area contributed by atoms with E-state index < -0.39 is 7.12 Å². The van der Waals surface area contributed by atoms with E-state index in [-0.39, 0.29) is 18.3 Å². The predicted octanol–water partition coefficient (Wildman–Crippen LogP) is 27.7. The summed E-state index contributed by atoms with van der Waals surface area (Å²) < 4.78 is 12.5. The summed E-state index contributed by atoms with van der Waals surface area (Å²) >= 11 is 6.29. The van der Waals surface area contributed by atoms with Crippen molar-refractivity contribution in [2.45, 2.75) is 46.0 Å². The van der Waals surface area contributed by atoms with Gasteiger partial charge in [-0.2, -0.15) is 0 Å². The lowest BCUT2D eigenvalue weighted by molar-refractivity contribution is 0.426. The number of anilines is 6. The molecule has 0 spiro atoms. The van der Waals surface area contributed by atoms with Gasteiger partial charge in [0.05, 0.1) is 0 Å². The topological polar surface area (TPSA) is 73.2 Å². The van der Waals surface area contributed by atoms with Gasteiger partial charge in [0, 0.05) is 82.6 Å². The van der Waals surface area contributed by atoms with Crippen LogP contribution in [0.1, 0.15) is 57.4 Å². The van der Waals surface area contributed by atoms with Gasteiger partial charge in [-0.05, 0) is 204 Å². The molecular weight excluding hydrogens is 1380 g/mol. The Morgan fingerprint density at radius 1 is 0.261 bits per heavy atom. The molecule has 18 aromatic rings. The molecule has 2 aliphatic rings. The van der Waals surface area contributed by atoms with Gasteiger partial charge in [-0.15, -0.1) is 0 Å². The summed E-state index contributed by atoms with van der Waals surface area (Å²) in [5, 5.41) is 24.4. The van der Waals surface area contributed by atoms with E-state index in [1.807, 2.05) is 72.8 Å². The summed E-state index contributed by atoms with van der Waals surface area (Å²) in [5.74, 6) is 0. The first-order valence-electron chi connectivity index (χ1n) is 37.4. The third kappa shape index (κ3) is 13.3. The number of fused-ring (bicyclic) bond motifs is 12. The fourth-order valence-corrected chi connectivity index (χ4v) is 16.7. The second-order valence-electron chi connectivity index (χ2n) is 29.5. The van der Waals surface area contributed by atoms with Crippen LogP contribution in [0, 0.1) is 0 Å². The fourth-order valence-electron chi connectivity index (χ4n) is 16.5. The van der Waals surface area contributed by atoms with Crippen molar-refractivity contribution in [3.8, 4) is 77.9 Å². The van der Waals surface area contributed by atoms with E-state index in [0.717, 1.165) is 122 Å². The Bertz CT molecular complexity index is 6420. The van der Waals surface area contributed by atoms with Crippen LogP contribution in [0.3, 0.4) is 0 Å². The van der Waals surface area contributed by atoms with Crippen molar-refractivity contribution in [2.75, 3.05) is 9.80 Å². The van der Waals surface area contributed by atoms with E-state index in [0.29, 0.717) is 5.46 Å². The van der Waals surface area contributed by atoms with Crippen molar-refractivity contribution in [1.82, 2.24) is 0 Å². The summed E-state index contributed by atoms with van der Waals surface area (Å²) in [6.45, 7) is 9.27. The van der Waals surface area contributed by atoms with Crippen molar-refractivity contribution >= 4 is 102 Å². The van der Waals surface area contributed by atoms with Crippen LogP contribution in [0.4, 0.5) is 34.1 Å². The van der Waals surface area contributed by atoms with Gasteiger partial charge in [0.1, 0.15) is 22.3 Å². The molecular formula is C103H80BClN2O4. The molecule has 20 rings (SSSR count). The molecule has 0 saturated heterocycles. The molecule has 0 amide bonds.